The van der Waals surface area contributed by atoms with Crippen molar-refractivity contribution in [3.63, 3.8) is 0 Å². The minimum Gasteiger partial charge on any atom is -0.466 e. The van der Waals surface area contributed by atoms with Gasteiger partial charge < -0.3 is 20.3 Å². The highest BCUT2D eigenvalue weighted by atomic mass is 16.5. The van der Waals surface area contributed by atoms with Crippen LogP contribution >= 0.6 is 0 Å². The number of rotatable bonds is 62. The van der Waals surface area contributed by atoms with Gasteiger partial charge in [0.2, 0.25) is 5.91 Å². The molecular weight excluding hydrogens is 899 g/mol. The number of hydrogen-bond donors (Lipinski definition) is 3. The van der Waals surface area contributed by atoms with Crippen LogP contribution in [0.5, 0.6) is 0 Å². The monoisotopic (exact) mass is 1030 g/mol. The number of hydrogen-bond acceptors (Lipinski definition) is 5. The van der Waals surface area contributed by atoms with Gasteiger partial charge in [0.05, 0.1) is 25.4 Å². The molecule has 0 heterocycles. The van der Waals surface area contributed by atoms with Gasteiger partial charge in [0, 0.05) is 12.8 Å². The minimum atomic E-state index is -0.840. The van der Waals surface area contributed by atoms with E-state index in [9.17, 15) is 19.8 Å². The molecule has 2 unspecified atom stereocenters. The molecule has 0 aliphatic rings. The number of nitrogens with one attached hydrogen (secondary N) is 1. The summed E-state index contributed by atoms with van der Waals surface area (Å²) in [4.78, 5) is 24.4. The topological polar surface area (TPSA) is 95.9 Å². The maximum Gasteiger partial charge on any atom is 0.305 e. The van der Waals surface area contributed by atoms with Gasteiger partial charge in [-0.15, -0.1) is 0 Å². The molecular formula is C67H129NO5. The SMILES string of the molecule is CCCCCCCCCCCC/C=C/C(O)C(CO)NC(=O)CCCCCCCCCCCCCCCCCCC/C=C\CCCCCCCCCCCCCCOC(=O)CCCCCCCCCCCCC. The summed E-state index contributed by atoms with van der Waals surface area (Å²) < 4.78 is 5.47. The van der Waals surface area contributed by atoms with Crippen LogP contribution in [-0.2, 0) is 14.3 Å². The number of unbranched alkanes of at least 4 members (excludes halogenated alkanes) is 49. The van der Waals surface area contributed by atoms with Crippen LogP contribution in [0.1, 0.15) is 367 Å². The van der Waals surface area contributed by atoms with Crippen molar-refractivity contribution in [3.05, 3.63) is 24.3 Å². The van der Waals surface area contributed by atoms with Gasteiger partial charge in [0.1, 0.15) is 0 Å². The fourth-order valence-electron chi connectivity index (χ4n) is 10.4. The normalized spacial score (nSPS) is 12.7. The number of aliphatic hydroxyl groups is 2. The molecule has 3 N–H and O–H groups in total. The fraction of sp³-hybridized carbons (Fsp3) is 0.910. The predicted molar refractivity (Wildman–Crippen MR) is 320 cm³/mol. The van der Waals surface area contributed by atoms with Crippen molar-refractivity contribution >= 4 is 11.9 Å². The Hall–Kier alpha value is -1.66. The molecule has 0 spiro atoms. The fourth-order valence-corrected chi connectivity index (χ4v) is 10.4. The van der Waals surface area contributed by atoms with E-state index < -0.39 is 12.1 Å². The van der Waals surface area contributed by atoms with E-state index in [1.54, 1.807) is 6.08 Å². The third kappa shape index (κ3) is 59.4. The molecule has 0 aromatic carbocycles. The number of ether oxygens (including phenoxy) is 1. The van der Waals surface area contributed by atoms with Crippen LogP contribution in [0.25, 0.3) is 0 Å². The van der Waals surface area contributed by atoms with E-state index >= 15 is 0 Å². The Bertz CT molecular complexity index is 1140. The molecule has 6 heteroatoms. The van der Waals surface area contributed by atoms with Crippen LogP contribution in [0, 0.1) is 0 Å². The van der Waals surface area contributed by atoms with Crippen molar-refractivity contribution in [1.82, 2.24) is 5.32 Å². The minimum absolute atomic E-state index is 0.0184. The Morgan fingerprint density at radius 1 is 0.370 bits per heavy atom. The van der Waals surface area contributed by atoms with Gasteiger partial charge in [0.15, 0.2) is 0 Å². The summed E-state index contributed by atoms with van der Waals surface area (Å²) in [6, 6.07) is -0.624. The van der Waals surface area contributed by atoms with Crippen molar-refractivity contribution < 1.29 is 24.5 Å². The summed E-state index contributed by atoms with van der Waals surface area (Å²) in [5.41, 5.74) is 0. The Labute approximate surface area is 456 Å². The predicted octanol–water partition coefficient (Wildman–Crippen LogP) is 21.0. The lowest BCUT2D eigenvalue weighted by Crippen LogP contribution is -2.45. The first-order valence-corrected chi connectivity index (χ1v) is 33.1. The molecule has 0 aliphatic carbocycles. The van der Waals surface area contributed by atoms with E-state index in [2.05, 4.69) is 31.3 Å². The summed E-state index contributed by atoms with van der Waals surface area (Å²) in [5.74, 6) is -0.0457. The summed E-state index contributed by atoms with van der Waals surface area (Å²) in [6.07, 6.45) is 78.3. The molecule has 0 aromatic heterocycles. The summed E-state index contributed by atoms with van der Waals surface area (Å²) in [5, 5.41) is 23.1. The molecule has 0 rings (SSSR count). The summed E-state index contributed by atoms with van der Waals surface area (Å²) >= 11 is 0. The molecule has 0 saturated carbocycles. The Morgan fingerprint density at radius 3 is 0.973 bits per heavy atom. The maximum absolute atomic E-state index is 12.4. The van der Waals surface area contributed by atoms with Gasteiger partial charge in [-0.05, 0) is 57.8 Å². The molecule has 0 radical (unpaired) electrons. The van der Waals surface area contributed by atoms with Crippen molar-refractivity contribution in [2.24, 2.45) is 0 Å². The highest BCUT2D eigenvalue weighted by Crippen LogP contribution is 2.18. The van der Waals surface area contributed by atoms with Gasteiger partial charge in [0.25, 0.3) is 0 Å². The number of amides is 1. The number of carbonyl (C=O) groups excluding carboxylic acids is 2. The molecule has 73 heavy (non-hydrogen) atoms. The lowest BCUT2D eigenvalue weighted by Gasteiger charge is -2.20. The zero-order valence-electron chi connectivity index (χ0n) is 49.4. The molecule has 6 nitrogen and oxygen atoms in total. The Morgan fingerprint density at radius 2 is 0.644 bits per heavy atom. The molecule has 2 atom stereocenters. The third-order valence-corrected chi connectivity index (χ3v) is 15.5. The number of allylic oxidation sites excluding steroid dienone is 3. The summed E-state index contributed by atoms with van der Waals surface area (Å²) in [7, 11) is 0. The second-order valence-electron chi connectivity index (χ2n) is 22.8. The lowest BCUT2D eigenvalue weighted by molar-refractivity contribution is -0.143. The number of carbonyl (C=O) groups is 2. The van der Waals surface area contributed by atoms with Crippen molar-refractivity contribution in [1.29, 1.82) is 0 Å². The van der Waals surface area contributed by atoms with Crippen LogP contribution in [0.15, 0.2) is 24.3 Å². The molecule has 0 aromatic rings. The summed E-state index contributed by atoms with van der Waals surface area (Å²) in [6.45, 7) is 4.91. The zero-order valence-corrected chi connectivity index (χ0v) is 49.4. The van der Waals surface area contributed by atoms with E-state index in [1.165, 1.54) is 302 Å². The van der Waals surface area contributed by atoms with E-state index in [0.29, 0.717) is 19.4 Å². The number of aliphatic hydroxyl groups excluding tert-OH is 2. The van der Waals surface area contributed by atoms with Crippen LogP contribution in [0.3, 0.4) is 0 Å². The van der Waals surface area contributed by atoms with Crippen LogP contribution in [-0.4, -0.2) is 47.4 Å². The second kappa shape index (κ2) is 62.9. The first-order valence-electron chi connectivity index (χ1n) is 33.1. The third-order valence-electron chi connectivity index (χ3n) is 15.5. The first kappa shape index (κ1) is 71.3. The highest BCUT2D eigenvalue weighted by Gasteiger charge is 2.18. The quantitative estimate of drug-likeness (QED) is 0.0320. The van der Waals surface area contributed by atoms with Gasteiger partial charge in [-0.1, -0.05) is 321 Å². The number of esters is 1. The van der Waals surface area contributed by atoms with Crippen LogP contribution in [0.4, 0.5) is 0 Å². The molecule has 0 saturated heterocycles. The molecule has 0 aliphatic heterocycles. The van der Waals surface area contributed by atoms with E-state index in [4.69, 9.17) is 4.74 Å². The standard InChI is InChI=1S/C67H129NO5/c1-3-5-7-9-11-13-15-40-43-47-51-55-59-65(70)64(63-69)68-66(71)60-56-52-48-44-41-37-35-33-31-29-27-25-23-21-19-17-16-18-20-22-24-26-28-30-32-34-36-38-42-46-50-54-58-62-73-67(72)61-57-53-49-45-39-14-12-10-8-6-4-2/h20,22,55,59,64-65,69-70H,3-19,21,23-54,56-58,60-63H2,1-2H3,(H,68,71)/b22-20-,59-55+. The molecule has 432 valence electrons. The lowest BCUT2D eigenvalue weighted by atomic mass is 10.0. The van der Waals surface area contributed by atoms with E-state index in [0.717, 1.165) is 38.5 Å². The van der Waals surface area contributed by atoms with Gasteiger partial charge >= 0.3 is 5.97 Å². The molecule has 0 bridgehead atoms. The average molecular weight is 1030 g/mol. The van der Waals surface area contributed by atoms with Gasteiger partial charge in [-0.25, -0.2) is 0 Å². The maximum atomic E-state index is 12.4. The van der Waals surface area contributed by atoms with Crippen LogP contribution in [0.2, 0.25) is 0 Å². The average Bonchev–Trinajstić information content (AvgIpc) is 3.39. The Balaban J connectivity index is 3.34. The smallest absolute Gasteiger partial charge is 0.305 e. The van der Waals surface area contributed by atoms with Crippen molar-refractivity contribution in [2.75, 3.05) is 13.2 Å². The van der Waals surface area contributed by atoms with Gasteiger partial charge in [-0.2, -0.15) is 0 Å². The van der Waals surface area contributed by atoms with Crippen LogP contribution < -0.4 is 5.32 Å². The highest BCUT2D eigenvalue weighted by molar-refractivity contribution is 5.76. The zero-order chi connectivity index (χ0) is 52.9. The largest absolute Gasteiger partial charge is 0.466 e. The first-order chi connectivity index (χ1) is 36.0. The van der Waals surface area contributed by atoms with E-state index in [-0.39, 0.29) is 18.5 Å². The van der Waals surface area contributed by atoms with E-state index in [1.807, 2.05) is 6.08 Å². The Kier molecular flexibility index (Phi) is 61.4. The van der Waals surface area contributed by atoms with Crippen molar-refractivity contribution in [2.45, 2.75) is 379 Å². The second-order valence-corrected chi connectivity index (χ2v) is 22.8. The van der Waals surface area contributed by atoms with Crippen molar-refractivity contribution in [3.8, 4) is 0 Å². The molecule has 0 fully saturated rings. The van der Waals surface area contributed by atoms with Gasteiger partial charge in [-0.3, -0.25) is 9.59 Å². The molecule has 1 amide bonds.